The van der Waals surface area contributed by atoms with E-state index < -0.39 is 0 Å². The van der Waals surface area contributed by atoms with E-state index in [-0.39, 0.29) is 10.8 Å². The molecule has 4 aromatic rings. The molecule has 28 heavy (non-hydrogen) atoms. The number of benzene rings is 2. The summed E-state index contributed by atoms with van der Waals surface area (Å²) in [5, 5.41) is 11.7. The molecule has 0 spiro atoms. The van der Waals surface area contributed by atoms with Gasteiger partial charge in [0, 0.05) is 0 Å². The van der Waals surface area contributed by atoms with Gasteiger partial charge in [-0.25, -0.2) is 0 Å². The zero-order valence-corrected chi connectivity index (χ0v) is 19.2. The van der Waals surface area contributed by atoms with Crippen molar-refractivity contribution in [2.75, 3.05) is 0 Å². The van der Waals surface area contributed by atoms with Gasteiger partial charge in [-0.15, -0.1) is 0 Å². The summed E-state index contributed by atoms with van der Waals surface area (Å²) < 4.78 is 0. The minimum absolute atomic E-state index is 0.0940. The van der Waals surface area contributed by atoms with Crippen LogP contribution < -0.4 is 0 Å². The minimum atomic E-state index is 0.0940. The summed E-state index contributed by atoms with van der Waals surface area (Å²) in [5.74, 6) is 0. The molecule has 0 bridgehead atoms. The van der Waals surface area contributed by atoms with Crippen LogP contribution in [-0.2, 0) is 10.8 Å². The third-order valence-corrected chi connectivity index (χ3v) is 6.80. The molecule has 0 aliphatic heterocycles. The number of hydrogen-bond acceptors (Lipinski definition) is 2. The Bertz CT molecular complexity index is 1010. The van der Waals surface area contributed by atoms with Crippen LogP contribution in [0.3, 0.4) is 0 Å². The van der Waals surface area contributed by atoms with E-state index in [9.17, 15) is 0 Å². The summed E-state index contributed by atoms with van der Waals surface area (Å²) in [4.78, 5) is 0. The maximum Gasteiger partial charge on any atom is -0.00144 e. The van der Waals surface area contributed by atoms with E-state index in [1.807, 2.05) is 0 Å². The zero-order chi connectivity index (χ0) is 20.1. The Balaban J connectivity index is 2.16. The first-order valence-electron chi connectivity index (χ1n) is 9.84. The number of hydrogen-bond donors (Lipinski definition) is 0. The Morgan fingerprint density at radius 2 is 0.929 bits per heavy atom. The summed E-state index contributed by atoms with van der Waals surface area (Å²) in [6, 6.07) is 13.9. The average molecular weight is 405 g/mol. The predicted octanol–water partition coefficient (Wildman–Crippen LogP) is 8.89. The first-order valence-corrected chi connectivity index (χ1v) is 11.7. The van der Waals surface area contributed by atoms with Crippen LogP contribution in [0.25, 0.3) is 33.0 Å². The van der Waals surface area contributed by atoms with Gasteiger partial charge >= 0.3 is 0 Å². The molecule has 2 heterocycles. The first kappa shape index (κ1) is 19.4. The monoisotopic (exact) mass is 404 g/mol. The molecule has 2 aromatic heterocycles. The largest absolute Gasteiger partial charge is 0.152 e. The van der Waals surface area contributed by atoms with Gasteiger partial charge in [-0.1, -0.05) is 65.8 Å². The SMILES string of the molecule is CC(C)(C)c1ccc2c(-c3ccsc3)c(C(C)(C)C)ccc2c1-c1ccsc1. The summed E-state index contributed by atoms with van der Waals surface area (Å²) >= 11 is 3.55. The third-order valence-electron chi connectivity index (χ3n) is 5.44. The second-order valence-corrected chi connectivity index (χ2v) is 11.2. The van der Waals surface area contributed by atoms with Crippen molar-refractivity contribution >= 4 is 33.4 Å². The van der Waals surface area contributed by atoms with Crippen LogP contribution in [-0.4, -0.2) is 0 Å². The lowest BCUT2D eigenvalue weighted by atomic mass is 9.76. The summed E-state index contributed by atoms with van der Waals surface area (Å²) in [7, 11) is 0. The Labute approximate surface area is 176 Å². The van der Waals surface area contributed by atoms with Crippen molar-refractivity contribution in [1.82, 2.24) is 0 Å². The number of rotatable bonds is 2. The average Bonchev–Trinajstić information content (AvgIpc) is 3.31. The fourth-order valence-electron chi connectivity index (χ4n) is 4.09. The highest BCUT2D eigenvalue weighted by Crippen LogP contribution is 2.45. The lowest BCUT2D eigenvalue weighted by molar-refractivity contribution is 0.591. The van der Waals surface area contributed by atoms with Gasteiger partial charge in [0.25, 0.3) is 0 Å². The maximum absolute atomic E-state index is 2.36. The van der Waals surface area contributed by atoms with Crippen molar-refractivity contribution in [2.45, 2.75) is 52.4 Å². The van der Waals surface area contributed by atoms with E-state index in [0.717, 1.165) is 0 Å². The van der Waals surface area contributed by atoms with Crippen molar-refractivity contribution in [3.63, 3.8) is 0 Å². The van der Waals surface area contributed by atoms with Crippen molar-refractivity contribution < 1.29 is 0 Å². The molecule has 0 aliphatic carbocycles. The van der Waals surface area contributed by atoms with Crippen molar-refractivity contribution in [2.24, 2.45) is 0 Å². The zero-order valence-electron chi connectivity index (χ0n) is 17.6. The summed E-state index contributed by atoms with van der Waals surface area (Å²) in [6.07, 6.45) is 0. The quantitative estimate of drug-likeness (QED) is 0.313. The van der Waals surface area contributed by atoms with Crippen LogP contribution in [0.4, 0.5) is 0 Å². The Morgan fingerprint density at radius 1 is 0.536 bits per heavy atom. The molecular weight excluding hydrogens is 376 g/mol. The molecule has 0 N–H and O–H groups in total. The van der Waals surface area contributed by atoms with Gasteiger partial charge < -0.3 is 0 Å². The van der Waals surface area contributed by atoms with Gasteiger partial charge in [0.05, 0.1) is 0 Å². The highest BCUT2D eigenvalue weighted by molar-refractivity contribution is 7.08. The van der Waals surface area contributed by atoms with Gasteiger partial charge in [0.2, 0.25) is 0 Å². The molecular formula is C26H28S2. The molecule has 0 saturated heterocycles. The molecule has 0 amide bonds. The molecule has 0 saturated carbocycles. The fourth-order valence-corrected chi connectivity index (χ4v) is 5.38. The summed E-state index contributed by atoms with van der Waals surface area (Å²) in [6.45, 7) is 13.9. The first-order chi connectivity index (χ1) is 13.2. The van der Waals surface area contributed by atoms with E-state index in [0.29, 0.717) is 0 Å². The highest BCUT2D eigenvalue weighted by Gasteiger charge is 2.25. The lowest BCUT2D eigenvalue weighted by Gasteiger charge is -2.28. The summed E-state index contributed by atoms with van der Waals surface area (Å²) in [5.41, 5.74) is 8.47. The van der Waals surface area contributed by atoms with Crippen LogP contribution in [0.1, 0.15) is 52.7 Å². The standard InChI is InChI=1S/C26H28S2/c1-25(2,3)21-9-7-20-19(23(21)17-11-13-27-15-17)8-10-22(26(4,5)6)24(20)18-12-14-28-16-18/h7-16H,1-6H3. The molecule has 4 rings (SSSR count). The molecule has 0 aliphatic rings. The second-order valence-electron chi connectivity index (χ2n) is 9.60. The Kier molecular flexibility index (Phi) is 4.76. The van der Waals surface area contributed by atoms with Gasteiger partial charge in [0.15, 0.2) is 0 Å². The molecule has 0 atom stereocenters. The van der Waals surface area contributed by atoms with E-state index in [4.69, 9.17) is 0 Å². The van der Waals surface area contributed by atoms with E-state index >= 15 is 0 Å². The van der Waals surface area contributed by atoms with Crippen LogP contribution in [0, 0.1) is 0 Å². The Morgan fingerprint density at radius 3 is 1.21 bits per heavy atom. The van der Waals surface area contributed by atoms with Crippen LogP contribution >= 0.6 is 22.7 Å². The minimum Gasteiger partial charge on any atom is -0.152 e. The van der Waals surface area contributed by atoms with Gasteiger partial charge in [-0.05, 0) is 88.6 Å². The molecule has 2 heteroatoms. The van der Waals surface area contributed by atoms with Gasteiger partial charge in [0.1, 0.15) is 0 Å². The molecule has 2 aromatic carbocycles. The fraction of sp³-hybridized carbons (Fsp3) is 0.308. The van der Waals surface area contributed by atoms with Crippen LogP contribution in [0.2, 0.25) is 0 Å². The molecule has 144 valence electrons. The smallest absolute Gasteiger partial charge is 0.00144 e. The molecule has 0 unspecified atom stereocenters. The van der Waals surface area contributed by atoms with Gasteiger partial charge in [-0.3, -0.25) is 0 Å². The van der Waals surface area contributed by atoms with Crippen molar-refractivity contribution in [3.05, 3.63) is 69.0 Å². The predicted molar refractivity (Wildman–Crippen MR) is 128 cm³/mol. The van der Waals surface area contributed by atoms with Crippen LogP contribution in [0.15, 0.2) is 57.9 Å². The molecule has 0 nitrogen and oxygen atoms in total. The highest BCUT2D eigenvalue weighted by atomic mass is 32.1. The van der Waals surface area contributed by atoms with Gasteiger partial charge in [-0.2, -0.15) is 22.7 Å². The number of fused-ring (bicyclic) bond motifs is 1. The topological polar surface area (TPSA) is 0 Å². The van der Waals surface area contributed by atoms with Crippen molar-refractivity contribution in [3.8, 4) is 22.3 Å². The molecule has 0 radical (unpaired) electrons. The van der Waals surface area contributed by atoms with E-state index in [1.165, 1.54) is 44.2 Å². The van der Waals surface area contributed by atoms with E-state index in [2.05, 4.69) is 99.5 Å². The van der Waals surface area contributed by atoms with Crippen LogP contribution in [0.5, 0.6) is 0 Å². The maximum atomic E-state index is 2.36. The normalized spacial score (nSPS) is 12.6. The molecule has 0 fully saturated rings. The Hall–Kier alpha value is -1.90. The van der Waals surface area contributed by atoms with Crippen molar-refractivity contribution in [1.29, 1.82) is 0 Å². The number of thiophene rings is 2. The van der Waals surface area contributed by atoms with E-state index in [1.54, 1.807) is 22.7 Å². The lowest BCUT2D eigenvalue weighted by Crippen LogP contribution is -2.15. The second kappa shape index (κ2) is 6.86. The third kappa shape index (κ3) is 3.33.